The highest BCUT2D eigenvalue weighted by atomic mass is 35.5. The normalized spacial score (nSPS) is 21.9. The van der Waals surface area contributed by atoms with Crippen molar-refractivity contribution in [2.75, 3.05) is 26.7 Å². The first-order valence-corrected chi connectivity index (χ1v) is 6.88. The standard InChI is InChI=1S/C15H21NO3.ClH/c1-19-14-6-2-4-12(10-14)15(18)7-9-16-8-3-5-13(17)11-16;/h2,4,6,10,13,17H,3,5,7-9,11H2,1H3;1H. The van der Waals surface area contributed by atoms with E-state index in [-0.39, 0.29) is 24.3 Å². The number of aliphatic hydroxyl groups excluding tert-OH is 1. The van der Waals surface area contributed by atoms with Gasteiger partial charge in [-0.15, -0.1) is 0 Å². The third kappa shape index (κ3) is 4.78. The minimum Gasteiger partial charge on any atom is -1.00 e. The molecule has 1 aliphatic heterocycles. The summed E-state index contributed by atoms with van der Waals surface area (Å²) in [5.41, 5.74) is 0.705. The molecule has 0 aromatic heterocycles. The maximum Gasteiger partial charge on any atom is 0.168 e. The van der Waals surface area contributed by atoms with Gasteiger partial charge in [-0.25, -0.2) is 0 Å². The van der Waals surface area contributed by atoms with Crippen LogP contribution in [0.3, 0.4) is 0 Å². The molecule has 0 spiro atoms. The number of hydrogen-bond donors (Lipinski definition) is 2. The molecule has 0 amide bonds. The Balaban J connectivity index is 0.00000200. The number of Topliss-reactive ketones (excluding diaryl/α,β-unsaturated/α-hetero) is 1. The summed E-state index contributed by atoms with van der Waals surface area (Å²) in [7, 11) is 1.60. The van der Waals surface area contributed by atoms with Gasteiger partial charge in [0.1, 0.15) is 18.4 Å². The molecule has 2 N–H and O–H groups in total. The number of methoxy groups -OCH3 is 1. The average Bonchev–Trinajstić information content (AvgIpc) is 2.45. The number of quaternary nitrogens is 1. The molecule has 0 saturated carbocycles. The summed E-state index contributed by atoms with van der Waals surface area (Å²) in [6, 6.07) is 7.28. The van der Waals surface area contributed by atoms with E-state index in [4.69, 9.17) is 4.74 Å². The molecule has 1 heterocycles. The van der Waals surface area contributed by atoms with Crippen molar-refractivity contribution < 1.29 is 31.9 Å². The van der Waals surface area contributed by atoms with E-state index in [1.165, 1.54) is 4.90 Å². The van der Waals surface area contributed by atoms with E-state index in [1.54, 1.807) is 13.2 Å². The molecule has 1 aromatic carbocycles. The molecule has 2 atom stereocenters. The van der Waals surface area contributed by atoms with Gasteiger partial charge in [-0.05, 0) is 25.0 Å². The summed E-state index contributed by atoms with van der Waals surface area (Å²) in [5, 5.41) is 9.61. The second-order valence-electron chi connectivity index (χ2n) is 5.16. The number of likely N-dealkylation sites (tertiary alicyclic amines) is 1. The van der Waals surface area contributed by atoms with Crippen LogP contribution >= 0.6 is 0 Å². The molecule has 112 valence electrons. The molecule has 0 aliphatic carbocycles. The summed E-state index contributed by atoms with van der Waals surface area (Å²) >= 11 is 0. The predicted molar refractivity (Wildman–Crippen MR) is 72.7 cm³/mol. The van der Waals surface area contributed by atoms with Gasteiger partial charge in [0.05, 0.1) is 26.6 Å². The lowest BCUT2D eigenvalue weighted by Crippen LogP contribution is -3.14. The number of nitrogens with one attached hydrogen (secondary N) is 1. The van der Waals surface area contributed by atoms with Crippen molar-refractivity contribution in [3.63, 3.8) is 0 Å². The number of hydrogen-bond acceptors (Lipinski definition) is 3. The van der Waals surface area contributed by atoms with Crippen LogP contribution in [-0.4, -0.2) is 43.7 Å². The molecule has 1 fully saturated rings. The number of halogens is 1. The van der Waals surface area contributed by atoms with Gasteiger partial charge in [-0.2, -0.15) is 0 Å². The summed E-state index contributed by atoms with van der Waals surface area (Å²) in [6.45, 7) is 2.63. The van der Waals surface area contributed by atoms with E-state index in [1.807, 2.05) is 18.2 Å². The Bertz CT molecular complexity index is 439. The quantitative estimate of drug-likeness (QED) is 0.583. The van der Waals surface area contributed by atoms with Gasteiger partial charge in [0.15, 0.2) is 5.78 Å². The molecular formula is C15H22ClNO3. The monoisotopic (exact) mass is 299 g/mol. The summed E-state index contributed by atoms with van der Waals surface area (Å²) in [5.74, 6) is 0.859. The maximum absolute atomic E-state index is 12.1. The molecule has 1 aromatic rings. The number of ether oxygens (including phenoxy) is 1. The summed E-state index contributed by atoms with van der Waals surface area (Å²) in [6.07, 6.45) is 2.27. The van der Waals surface area contributed by atoms with Crippen LogP contribution in [0.25, 0.3) is 0 Å². The van der Waals surface area contributed by atoms with E-state index in [2.05, 4.69) is 0 Å². The Kier molecular flexibility index (Phi) is 6.99. The molecule has 0 radical (unpaired) electrons. The Labute approximate surface area is 126 Å². The van der Waals surface area contributed by atoms with Gasteiger partial charge in [-0.1, -0.05) is 12.1 Å². The van der Waals surface area contributed by atoms with E-state index < -0.39 is 0 Å². The molecule has 2 rings (SSSR count). The van der Waals surface area contributed by atoms with Gasteiger partial charge in [-0.3, -0.25) is 4.79 Å². The van der Waals surface area contributed by atoms with E-state index in [0.29, 0.717) is 17.7 Å². The Morgan fingerprint density at radius 2 is 2.30 bits per heavy atom. The third-order valence-corrected chi connectivity index (χ3v) is 3.69. The fourth-order valence-corrected chi connectivity index (χ4v) is 2.58. The first-order chi connectivity index (χ1) is 9.19. The Hall–Kier alpha value is -1.10. The molecular weight excluding hydrogens is 278 g/mol. The molecule has 5 heteroatoms. The van der Waals surface area contributed by atoms with Gasteiger partial charge in [0.25, 0.3) is 0 Å². The zero-order chi connectivity index (χ0) is 13.7. The van der Waals surface area contributed by atoms with Crippen molar-refractivity contribution in [3.05, 3.63) is 29.8 Å². The predicted octanol–water partition coefficient (Wildman–Crippen LogP) is -2.69. The molecule has 1 aliphatic rings. The summed E-state index contributed by atoms with van der Waals surface area (Å²) < 4.78 is 5.12. The Morgan fingerprint density at radius 1 is 1.50 bits per heavy atom. The van der Waals surface area contributed by atoms with Crippen LogP contribution in [0.4, 0.5) is 0 Å². The van der Waals surface area contributed by atoms with Crippen LogP contribution in [0.15, 0.2) is 24.3 Å². The number of rotatable bonds is 5. The zero-order valence-electron chi connectivity index (χ0n) is 11.8. The molecule has 4 nitrogen and oxygen atoms in total. The minimum atomic E-state index is -0.198. The fraction of sp³-hybridized carbons (Fsp3) is 0.533. The topological polar surface area (TPSA) is 51.0 Å². The highest BCUT2D eigenvalue weighted by Gasteiger charge is 2.21. The van der Waals surface area contributed by atoms with Crippen LogP contribution < -0.4 is 22.0 Å². The highest BCUT2D eigenvalue weighted by Crippen LogP contribution is 2.13. The average molecular weight is 300 g/mol. The number of carbonyl (C=O) groups is 1. The number of benzene rings is 1. The van der Waals surface area contributed by atoms with Gasteiger partial charge >= 0.3 is 0 Å². The third-order valence-electron chi connectivity index (χ3n) is 3.69. The second kappa shape index (κ2) is 8.25. The highest BCUT2D eigenvalue weighted by molar-refractivity contribution is 5.96. The van der Waals surface area contributed by atoms with Crippen LogP contribution in [0, 0.1) is 0 Å². The number of ketones is 1. The number of carbonyl (C=O) groups excluding carboxylic acids is 1. The molecule has 1 saturated heterocycles. The van der Waals surface area contributed by atoms with Crippen molar-refractivity contribution in [1.29, 1.82) is 0 Å². The van der Waals surface area contributed by atoms with Crippen LogP contribution in [-0.2, 0) is 0 Å². The zero-order valence-corrected chi connectivity index (χ0v) is 12.5. The van der Waals surface area contributed by atoms with Gasteiger partial charge < -0.3 is 27.2 Å². The van der Waals surface area contributed by atoms with Crippen molar-refractivity contribution in [2.24, 2.45) is 0 Å². The van der Waals surface area contributed by atoms with Gasteiger partial charge in [0, 0.05) is 5.56 Å². The SMILES string of the molecule is COc1cccc(C(=O)CC[NH+]2CCCC(O)C2)c1.[Cl-]. The lowest BCUT2D eigenvalue weighted by molar-refractivity contribution is -0.907. The van der Waals surface area contributed by atoms with E-state index in [9.17, 15) is 9.90 Å². The van der Waals surface area contributed by atoms with Crippen molar-refractivity contribution in [3.8, 4) is 5.75 Å². The molecule has 2 unspecified atom stereocenters. The second-order valence-corrected chi connectivity index (χ2v) is 5.16. The summed E-state index contributed by atoms with van der Waals surface area (Å²) in [4.78, 5) is 13.4. The Morgan fingerprint density at radius 3 is 3.00 bits per heavy atom. The number of aliphatic hydroxyl groups is 1. The van der Waals surface area contributed by atoms with Crippen molar-refractivity contribution in [1.82, 2.24) is 0 Å². The van der Waals surface area contributed by atoms with Gasteiger partial charge in [0.2, 0.25) is 0 Å². The smallest absolute Gasteiger partial charge is 0.168 e. The lowest BCUT2D eigenvalue weighted by atomic mass is 10.1. The largest absolute Gasteiger partial charge is 1.00 e. The minimum absolute atomic E-state index is 0. The first kappa shape index (κ1) is 17.0. The first-order valence-electron chi connectivity index (χ1n) is 6.88. The van der Waals surface area contributed by atoms with Crippen LogP contribution in [0.1, 0.15) is 29.6 Å². The van der Waals surface area contributed by atoms with Crippen LogP contribution in [0.2, 0.25) is 0 Å². The lowest BCUT2D eigenvalue weighted by Gasteiger charge is -2.26. The number of piperidine rings is 1. The maximum atomic E-state index is 12.1. The molecule has 20 heavy (non-hydrogen) atoms. The van der Waals surface area contributed by atoms with Crippen LogP contribution in [0.5, 0.6) is 5.75 Å². The van der Waals surface area contributed by atoms with Crippen molar-refractivity contribution in [2.45, 2.75) is 25.4 Å². The molecule has 0 bridgehead atoms. The van der Waals surface area contributed by atoms with Crippen molar-refractivity contribution >= 4 is 5.78 Å². The van der Waals surface area contributed by atoms with E-state index >= 15 is 0 Å². The fourth-order valence-electron chi connectivity index (χ4n) is 2.58. The van der Waals surface area contributed by atoms with E-state index in [0.717, 1.165) is 32.5 Å².